The van der Waals surface area contributed by atoms with Crippen LogP contribution in [0.1, 0.15) is 24.8 Å². The predicted molar refractivity (Wildman–Crippen MR) is 141 cm³/mol. The third kappa shape index (κ3) is 6.13. The summed E-state index contributed by atoms with van der Waals surface area (Å²) in [6.07, 6.45) is 1.15. The third-order valence-electron chi connectivity index (χ3n) is 6.91. The van der Waals surface area contributed by atoms with Crippen molar-refractivity contribution >= 4 is 33.3 Å². The van der Waals surface area contributed by atoms with Crippen molar-refractivity contribution < 1.29 is 26.7 Å². The molecule has 0 aliphatic carbocycles. The number of aliphatic hydroxyl groups excluding tert-OH is 1. The normalized spacial score (nSPS) is 19.5. The highest BCUT2D eigenvalue weighted by molar-refractivity contribution is 7.88. The fourth-order valence-electron chi connectivity index (χ4n) is 4.82. The molecule has 15 heteroatoms. The molecule has 2 fully saturated rings. The first kappa shape index (κ1) is 27.6. The van der Waals surface area contributed by atoms with Crippen LogP contribution in [-0.4, -0.2) is 81.9 Å². The van der Waals surface area contributed by atoms with Crippen molar-refractivity contribution in [2.24, 2.45) is 0 Å². The molecule has 210 valence electrons. The number of imidazole rings is 1. The van der Waals surface area contributed by atoms with E-state index in [2.05, 4.69) is 20.3 Å². The van der Waals surface area contributed by atoms with Crippen LogP contribution in [0.2, 0.25) is 5.02 Å². The van der Waals surface area contributed by atoms with Crippen LogP contribution in [0.5, 0.6) is 0 Å². The number of anilines is 2. The summed E-state index contributed by atoms with van der Waals surface area (Å²) >= 11 is 6.52. The lowest BCUT2D eigenvalue weighted by Crippen LogP contribution is -2.42. The van der Waals surface area contributed by atoms with Crippen LogP contribution in [0.3, 0.4) is 0 Å². The van der Waals surface area contributed by atoms with E-state index < -0.39 is 27.9 Å². The number of alkyl halides is 3. The van der Waals surface area contributed by atoms with Gasteiger partial charge in [-0.25, -0.2) is 27.7 Å². The van der Waals surface area contributed by atoms with E-state index in [1.807, 2.05) is 11.0 Å². The molecule has 10 nitrogen and oxygen atoms in total. The van der Waals surface area contributed by atoms with E-state index in [9.17, 15) is 26.7 Å². The Morgan fingerprint density at radius 3 is 2.49 bits per heavy atom. The quantitative estimate of drug-likeness (QED) is 0.452. The summed E-state index contributed by atoms with van der Waals surface area (Å²) in [4.78, 5) is 14.2. The second-order valence-corrected chi connectivity index (χ2v) is 12.1. The van der Waals surface area contributed by atoms with Crippen LogP contribution in [0, 0.1) is 0 Å². The summed E-state index contributed by atoms with van der Waals surface area (Å²) in [5.41, 5.74) is -0.0563. The number of hydrogen-bond donors (Lipinski definition) is 2. The van der Waals surface area contributed by atoms with Gasteiger partial charge in [0.15, 0.2) is 0 Å². The van der Waals surface area contributed by atoms with Gasteiger partial charge in [-0.05, 0) is 37.5 Å². The van der Waals surface area contributed by atoms with Gasteiger partial charge in [-0.1, -0.05) is 11.6 Å². The van der Waals surface area contributed by atoms with E-state index in [1.54, 1.807) is 12.1 Å². The average molecular weight is 586 g/mol. The molecular formula is C24H27ClF3N7O3S. The Bertz CT molecular complexity index is 1460. The maximum atomic E-state index is 13.9. The molecule has 2 aliphatic heterocycles. The fourth-order valence-corrected chi connectivity index (χ4v) is 5.97. The first-order valence-corrected chi connectivity index (χ1v) is 14.5. The van der Waals surface area contributed by atoms with E-state index in [-0.39, 0.29) is 23.4 Å². The standard InChI is InChI=1S/C24H27ClF3N7O3S/c1-39(37,38)35-8-4-15(5-9-35)31-23-29-11-18(24(26,27)28)22(32-23)20-13-34(14-30-20)21-3-2-16(10-19(21)25)33-7-6-17(36)12-33/h2-3,10-11,13-15,17,36H,4-9,12H2,1H3,(H,29,31,32). The molecule has 0 spiro atoms. The molecule has 2 N–H and O–H groups in total. The van der Waals surface area contributed by atoms with E-state index in [4.69, 9.17) is 11.6 Å². The second kappa shape index (κ2) is 10.6. The highest BCUT2D eigenvalue weighted by Gasteiger charge is 2.36. The zero-order valence-corrected chi connectivity index (χ0v) is 22.5. The number of sulfonamides is 1. The van der Waals surface area contributed by atoms with Gasteiger partial charge >= 0.3 is 6.18 Å². The molecule has 2 aromatic heterocycles. The number of piperidine rings is 1. The molecule has 39 heavy (non-hydrogen) atoms. The zero-order chi connectivity index (χ0) is 27.9. The van der Waals surface area contributed by atoms with Crippen molar-refractivity contribution in [3.63, 3.8) is 0 Å². The van der Waals surface area contributed by atoms with Crippen LogP contribution in [0.4, 0.5) is 24.8 Å². The Morgan fingerprint density at radius 1 is 1.13 bits per heavy atom. The van der Waals surface area contributed by atoms with Gasteiger partial charge < -0.3 is 19.9 Å². The zero-order valence-electron chi connectivity index (χ0n) is 20.9. The molecule has 1 unspecified atom stereocenters. The van der Waals surface area contributed by atoms with Crippen molar-refractivity contribution in [1.82, 2.24) is 23.8 Å². The van der Waals surface area contributed by atoms with Gasteiger partial charge in [0.25, 0.3) is 0 Å². The minimum atomic E-state index is -4.71. The SMILES string of the molecule is CS(=O)(=O)N1CCC(Nc2ncc(C(F)(F)F)c(-c3cn(-c4ccc(N5CCC(O)C5)cc4Cl)cn3)n2)CC1. The van der Waals surface area contributed by atoms with E-state index in [0.717, 1.165) is 18.1 Å². The van der Waals surface area contributed by atoms with Crippen molar-refractivity contribution in [3.05, 3.63) is 47.5 Å². The van der Waals surface area contributed by atoms with Crippen molar-refractivity contribution in [1.29, 1.82) is 0 Å². The molecule has 3 aromatic rings. The summed E-state index contributed by atoms with van der Waals surface area (Å²) in [6, 6.07) is 5.13. The molecule has 1 aromatic carbocycles. The lowest BCUT2D eigenvalue weighted by molar-refractivity contribution is -0.137. The number of hydrogen-bond acceptors (Lipinski definition) is 8. The highest BCUT2D eigenvalue weighted by Crippen LogP contribution is 2.36. The summed E-state index contributed by atoms with van der Waals surface area (Å²) < 4.78 is 67.9. The van der Waals surface area contributed by atoms with Crippen LogP contribution in [0.25, 0.3) is 17.1 Å². The van der Waals surface area contributed by atoms with Crippen molar-refractivity contribution in [2.45, 2.75) is 37.6 Å². The molecule has 4 heterocycles. The summed E-state index contributed by atoms with van der Waals surface area (Å²) in [6.45, 7) is 1.80. The molecule has 0 amide bonds. The molecule has 2 saturated heterocycles. The molecule has 0 saturated carbocycles. The molecule has 1 atom stereocenters. The van der Waals surface area contributed by atoms with Gasteiger partial charge in [0.1, 0.15) is 23.3 Å². The summed E-state index contributed by atoms with van der Waals surface area (Å²) in [7, 11) is -3.30. The van der Waals surface area contributed by atoms with Crippen LogP contribution >= 0.6 is 11.6 Å². The minimum absolute atomic E-state index is 0.000502. The third-order valence-corrected chi connectivity index (χ3v) is 8.52. The van der Waals surface area contributed by atoms with Crippen molar-refractivity contribution in [3.8, 4) is 17.1 Å². The van der Waals surface area contributed by atoms with Gasteiger partial charge in [-0.2, -0.15) is 13.2 Å². The minimum Gasteiger partial charge on any atom is -0.391 e. The number of rotatable bonds is 6. The van der Waals surface area contributed by atoms with Gasteiger partial charge in [0, 0.05) is 50.3 Å². The van der Waals surface area contributed by atoms with Crippen LogP contribution in [-0.2, 0) is 16.2 Å². The summed E-state index contributed by atoms with van der Waals surface area (Å²) in [5, 5.41) is 13.2. The topological polar surface area (TPSA) is 116 Å². The van der Waals surface area contributed by atoms with Gasteiger partial charge in [0.2, 0.25) is 16.0 Å². The Morgan fingerprint density at radius 2 is 1.87 bits per heavy atom. The van der Waals surface area contributed by atoms with Crippen LogP contribution in [0.15, 0.2) is 36.9 Å². The molecule has 5 rings (SSSR count). The Balaban J connectivity index is 1.39. The second-order valence-electron chi connectivity index (χ2n) is 9.72. The lowest BCUT2D eigenvalue weighted by atomic mass is 10.1. The number of nitrogens with one attached hydrogen (secondary N) is 1. The number of aromatic nitrogens is 4. The van der Waals surface area contributed by atoms with E-state index in [1.165, 1.54) is 21.4 Å². The maximum absolute atomic E-state index is 13.9. The van der Waals surface area contributed by atoms with Crippen LogP contribution < -0.4 is 10.2 Å². The molecular weight excluding hydrogens is 559 g/mol. The predicted octanol–water partition coefficient (Wildman–Crippen LogP) is 3.41. The maximum Gasteiger partial charge on any atom is 0.420 e. The Kier molecular flexibility index (Phi) is 7.48. The van der Waals surface area contributed by atoms with E-state index >= 15 is 0 Å². The number of aliphatic hydroxyl groups is 1. The van der Waals surface area contributed by atoms with Gasteiger partial charge in [-0.15, -0.1) is 0 Å². The number of nitrogens with zero attached hydrogens (tertiary/aromatic N) is 6. The molecule has 0 radical (unpaired) electrons. The average Bonchev–Trinajstić information content (AvgIpc) is 3.52. The molecule has 0 bridgehead atoms. The lowest BCUT2D eigenvalue weighted by Gasteiger charge is -2.30. The first-order valence-electron chi connectivity index (χ1n) is 12.3. The fraction of sp³-hybridized carbons (Fsp3) is 0.458. The number of halogens is 4. The summed E-state index contributed by atoms with van der Waals surface area (Å²) in [5.74, 6) is 0.000502. The first-order chi connectivity index (χ1) is 18.4. The Hall–Kier alpha value is -2.94. The Labute approximate surface area is 228 Å². The number of benzene rings is 1. The van der Waals surface area contributed by atoms with Gasteiger partial charge in [0.05, 0.1) is 23.1 Å². The largest absolute Gasteiger partial charge is 0.420 e. The highest BCUT2D eigenvalue weighted by atomic mass is 35.5. The van der Waals surface area contributed by atoms with E-state index in [0.29, 0.717) is 56.2 Å². The van der Waals surface area contributed by atoms with Crippen molar-refractivity contribution in [2.75, 3.05) is 42.7 Å². The number of β-amino-alcohol motifs (C(OH)–C–C–N with tert-alkyl or cyclic N) is 1. The smallest absolute Gasteiger partial charge is 0.391 e. The van der Waals surface area contributed by atoms with Gasteiger partial charge in [-0.3, -0.25) is 0 Å². The molecule has 2 aliphatic rings. The monoisotopic (exact) mass is 585 g/mol.